The minimum atomic E-state index is 0.177. The van der Waals surface area contributed by atoms with Gasteiger partial charge in [-0.1, -0.05) is 18.9 Å². The van der Waals surface area contributed by atoms with E-state index in [1.807, 2.05) is 30.5 Å². The standard InChI is InChI=1S/C15H16INO/c16-12-3-5-13(6-4-12)17-10-9-15(11-14(17)18)7-1-2-8-15/h3-6,9-10H,1-2,7-8,11H2. The van der Waals surface area contributed by atoms with E-state index < -0.39 is 0 Å². The van der Waals surface area contributed by atoms with Crippen molar-refractivity contribution in [2.24, 2.45) is 5.41 Å². The molecule has 1 aromatic carbocycles. The minimum Gasteiger partial charge on any atom is -0.288 e. The quantitative estimate of drug-likeness (QED) is 0.696. The van der Waals surface area contributed by atoms with Crippen LogP contribution in [0.3, 0.4) is 0 Å². The van der Waals surface area contributed by atoms with Gasteiger partial charge in [0.2, 0.25) is 5.91 Å². The highest BCUT2D eigenvalue weighted by atomic mass is 127. The van der Waals surface area contributed by atoms with Crippen molar-refractivity contribution in [3.63, 3.8) is 0 Å². The molecule has 0 N–H and O–H groups in total. The van der Waals surface area contributed by atoms with Gasteiger partial charge in [-0.15, -0.1) is 0 Å². The van der Waals surface area contributed by atoms with Gasteiger partial charge in [0, 0.05) is 21.9 Å². The largest absolute Gasteiger partial charge is 0.288 e. The third kappa shape index (κ3) is 2.20. The smallest absolute Gasteiger partial charge is 0.231 e. The van der Waals surface area contributed by atoms with Gasteiger partial charge in [-0.25, -0.2) is 0 Å². The summed E-state index contributed by atoms with van der Waals surface area (Å²) in [5.41, 5.74) is 1.15. The monoisotopic (exact) mass is 353 g/mol. The van der Waals surface area contributed by atoms with E-state index in [1.54, 1.807) is 4.90 Å². The van der Waals surface area contributed by atoms with E-state index in [4.69, 9.17) is 0 Å². The van der Waals surface area contributed by atoms with Gasteiger partial charge in [0.15, 0.2) is 0 Å². The molecular weight excluding hydrogens is 337 g/mol. The van der Waals surface area contributed by atoms with E-state index in [9.17, 15) is 4.79 Å². The number of allylic oxidation sites excluding steroid dienone is 1. The Kier molecular flexibility index (Phi) is 3.18. The van der Waals surface area contributed by atoms with Crippen LogP contribution in [0.1, 0.15) is 32.1 Å². The SMILES string of the molecule is O=C1CC2(C=CN1c1ccc(I)cc1)CCCC2. The van der Waals surface area contributed by atoms with Gasteiger partial charge in [0.25, 0.3) is 0 Å². The first-order valence-corrected chi connectivity index (χ1v) is 7.53. The van der Waals surface area contributed by atoms with Crippen LogP contribution < -0.4 is 4.90 Å². The summed E-state index contributed by atoms with van der Waals surface area (Å²) in [6.07, 6.45) is 9.81. The number of hydrogen-bond acceptors (Lipinski definition) is 1. The van der Waals surface area contributed by atoms with Gasteiger partial charge in [-0.3, -0.25) is 9.69 Å². The molecule has 1 aliphatic carbocycles. The Morgan fingerprint density at radius 3 is 2.39 bits per heavy atom. The molecule has 2 nitrogen and oxygen atoms in total. The second-order valence-electron chi connectivity index (χ2n) is 5.30. The fraction of sp³-hybridized carbons (Fsp3) is 0.400. The van der Waals surface area contributed by atoms with Crippen molar-refractivity contribution in [3.8, 4) is 0 Å². The number of nitrogens with zero attached hydrogens (tertiary/aromatic N) is 1. The van der Waals surface area contributed by atoms with Crippen molar-refractivity contribution in [1.29, 1.82) is 0 Å². The van der Waals surface area contributed by atoms with E-state index in [2.05, 4.69) is 28.7 Å². The maximum atomic E-state index is 12.3. The summed E-state index contributed by atoms with van der Waals surface area (Å²) in [4.78, 5) is 14.1. The van der Waals surface area contributed by atoms with Gasteiger partial charge in [-0.2, -0.15) is 0 Å². The van der Waals surface area contributed by atoms with Crippen molar-refractivity contribution < 1.29 is 4.79 Å². The molecule has 94 valence electrons. The molecule has 1 fully saturated rings. The number of rotatable bonds is 1. The number of anilines is 1. The summed E-state index contributed by atoms with van der Waals surface area (Å²) < 4.78 is 1.19. The van der Waals surface area contributed by atoms with E-state index >= 15 is 0 Å². The second-order valence-corrected chi connectivity index (χ2v) is 6.55. The van der Waals surface area contributed by atoms with Gasteiger partial charge in [0.05, 0.1) is 0 Å². The first kappa shape index (κ1) is 12.2. The fourth-order valence-corrected chi connectivity index (χ4v) is 3.37. The molecule has 0 bridgehead atoms. The highest BCUT2D eigenvalue weighted by Crippen LogP contribution is 2.45. The van der Waals surface area contributed by atoms with Crippen LogP contribution in [0, 0.1) is 8.99 Å². The third-order valence-corrected chi connectivity index (χ3v) is 4.77. The molecule has 2 aliphatic rings. The number of halogens is 1. The molecule has 0 aromatic heterocycles. The number of hydrogen-bond donors (Lipinski definition) is 0. The summed E-state index contributed by atoms with van der Waals surface area (Å²) in [7, 11) is 0. The Balaban J connectivity index is 1.87. The summed E-state index contributed by atoms with van der Waals surface area (Å²) in [5.74, 6) is 0.237. The molecule has 1 spiro atoms. The topological polar surface area (TPSA) is 20.3 Å². The molecule has 0 radical (unpaired) electrons. The average Bonchev–Trinajstić information content (AvgIpc) is 2.79. The normalized spacial score (nSPS) is 21.8. The number of amides is 1. The van der Waals surface area contributed by atoms with Gasteiger partial charge in [-0.05, 0) is 65.1 Å². The zero-order valence-corrected chi connectivity index (χ0v) is 12.4. The molecule has 1 amide bonds. The van der Waals surface area contributed by atoms with Gasteiger partial charge in [0.1, 0.15) is 0 Å². The molecule has 1 saturated carbocycles. The minimum absolute atomic E-state index is 0.177. The van der Waals surface area contributed by atoms with Crippen LogP contribution in [-0.4, -0.2) is 5.91 Å². The Bertz CT molecular complexity index is 486. The van der Waals surface area contributed by atoms with E-state index in [-0.39, 0.29) is 11.3 Å². The Morgan fingerprint density at radius 2 is 1.78 bits per heavy atom. The highest BCUT2D eigenvalue weighted by molar-refractivity contribution is 14.1. The van der Waals surface area contributed by atoms with Crippen LogP contribution >= 0.6 is 22.6 Å². The van der Waals surface area contributed by atoms with Crippen molar-refractivity contribution in [2.75, 3.05) is 4.90 Å². The Morgan fingerprint density at radius 1 is 1.11 bits per heavy atom. The first-order chi connectivity index (χ1) is 8.69. The lowest BCUT2D eigenvalue weighted by Crippen LogP contribution is -2.35. The molecule has 1 aliphatic heterocycles. The van der Waals surface area contributed by atoms with Crippen LogP contribution in [0.25, 0.3) is 0 Å². The number of benzene rings is 1. The molecule has 0 unspecified atom stereocenters. The lowest BCUT2D eigenvalue weighted by atomic mass is 9.80. The van der Waals surface area contributed by atoms with Crippen LogP contribution in [0.15, 0.2) is 36.5 Å². The van der Waals surface area contributed by atoms with Crippen LogP contribution in [0.5, 0.6) is 0 Å². The van der Waals surface area contributed by atoms with Gasteiger partial charge >= 0.3 is 0 Å². The average molecular weight is 353 g/mol. The molecule has 3 heteroatoms. The molecule has 0 atom stereocenters. The molecule has 1 heterocycles. The van der Waals surface area contributed by atoms with Crippen LogP contribution in [-0.2, 0) is 4.79 Å². The summed E-state index contributed by atoms with van der Waals surface area (Å²) >= 11 is 2.28. The van der Waals surface area contributed by atoms with Crippen LogP contribution in [0.2, 0.25) is 0 Å². The summed E-state index contributed by atoms with van der Waals surface area (Å²) in [5, 5.41) is 0. The predicted octanol–water partition coefficient (Wildman–Crippen LogP) is 4.10. The number of carbonyl (C=O) groups excluding carboxylic acids is 1. The van der Waals surface area contributed by atoms with Crippen molar-refractivity contribution in [3.05, 3.63) is 40.1 Å². The summed E-state index contributed by atoms with van der Waals surface area (Å²) in [6, 6.07) is 8.10. The second kappa shape index (κ2) is 4.68. The summed E-state index contributed by atoms with van der Waals surface area (Å²) in [6.45, 7) is 0. The van der Waals surface area contributed by atoms with Gasteiger partial charge < -0.3 is 0 Å². The lowest BCUT2D eigenvalue weighted by molar-refractivity contribution is -0.120. The molecular formula is C15H16INO. The lowest BCUT2D eigenvalue weighted by Gasteiger charge is -2.33. The maximum Gasteiger partial charge on any atom is 0.231 e. The third-order valence-electron chi connectivity index (χ3n) is 4.05. The van der Waals surface area contributed by atoms with Crippen molar-refractivity contribution in [2.45, 2.75) is 32.1 Å². The Hall–Kier alpha value is -0.840. The van der Waals surface area contributed by atoms with E-state index in [0.29, 0.717) is 6.42 Å². The Labute approximate surface area is 121 Å². The first-order valence-electron chi connectivity index (χ1n) is 6.46. The zero-order chi connectivity index (χ0) is 12.6. The number of carbonyl (C=O) groups is 1. The highest BCUT2D eigenvalue weighted by Gasteiger charge is 2.37. The fourth-order valence-electron chi connectivity index (χ4n) is 3.02. The zero-order valence-electron chi connectivity index (χ0n) is 10.2. The molecule has 1 aromatic rings. The molecule has 0 saturated heterocycles. The van der Waals surface area contributed by atoms with E-state index in [0.717, 1.165) is 5.69 Å². The van der Waals surface area contributed by atoms with Crippen molar-refractivity contribution in [1.82, 2.24) is 0 Å². The van der Waals surface area contributed by atoms with Crippen molar-refractivity contribution >= 4 is 34.2 Å². The molecule has 18 heavy (non-hydrogen) atoms. The maximum absolute atomic E-state index is 12.3. The molecule has 3 rings (SSSR count). The van der Waals surface area contributed by atoms with E-state index in [1.165, 1.54) is 29.3 Å². The van der Waals surface area contributed by atoms with Crippen LogP contribution in [0.4, 0.5) is 5.69 Å². The predicted molar refractivity (Wildman–Crippen MR) is 81.3 cm³/mol.